The van der Waals surface area contributed by atoms with E-state index in [1.165, 1.54) is 21.7 Å². The highest BCUT2D eigenvalue weighted by atomic mass is 15.1. The monoisotopic (exact) mass is 855 g/mol. The Bertz CT molecular complexity index is 3910. The predicted molar refractivity (Wildman–Crippen MR) is 286 cm³/mol. The van der Waals surface area contributed by atoms with Gasteiger partial charge in [-0.05, 0) is 141 Å². The summed E-state index contributed by atoms with van der Waals surface area (Å²) in [6, 6.07) is 85.1. The van der Waals surface area contributed by atoms with Gasteiger partial charge in [-0.2, -0.15) is 0 Å². The number of fused-ring (bicyclic) bond motifs is 3. The average Bonchev–Trinajstić information content (AvgIpc) is 3.44. The van der Waals surface area contributed by atoms with E-state index in [1.54, 1.807) is 0 Å². The number of benzene rings is 12. The van der Waals surface area contributed by atoms with E-state index in [0.717, 1.165) is 66.2 Å². The topological polar surface area (TPSA) is 3.24 Å². The Morgan fingerprint density at radius 3 is 1.36 bits per heavy atom. The molecular formula is C66H45N. The van der Waals surface area contributed by atoms with E-state index >= 15 is 0 Å². The van der Waals surface area contributed by atoms with Crippen LogP contribution in [0.25, 0.3) is 99.1 Å². The van der Waals surface area contributed by atoms with Crippen LogP contribution in [0, 0.1) is 0 Å². The Labute approximate surface area is 397 Å². The highest BCUT2D eigenvalue weighted by Gasteiger charge is 2.17. The van der Waals surface area contributed by atoms with Gasteiger partial charge in [0.25, 0.3) is 0 Å². The van der Waals surface area contributed by atoms with Gasteiger partial charge >= 0.3 is 0 Å². The standard InChI is InChI=1S/C66H45N/c1-2-14-56(15-3-1)66-64-19-9-7-13-53(64)37-44-65(66)55-35-42-61(43-36-55)67(59-38-31-49(32-39-59)47-21-23-51(24-22-47)58-30-27-46-11-4-5-16-57(46)45-58)60-40-33-50(34-41-60)48-25-28-54(29-26-48)63-20-10-17-52-12-6-8-18-62(52)63/h1-45H/i31D,32D,38D,39D. The summed E-state index contributed by atoms with van der Waals surface area (Å²) in [7, 11) is 0. The van der Waals surface area contributed by atoms with Gasteiger partial charge in [0.15, 0.2) is 0 Å². The van der Waals surface area contributed by atoms with Gasteiger partial charge in [-0.3, -0.25) is 0 Å². The Balaban J connectivity index is 0.943. The van der Waals surface area contributed by atoms with E-state index in [1.807, 2.05) is 71.6 Å². The van der Waals surface area contributed by atoms with Crippen LogP contribution < -0.4 is 4.90 Å². The minimum atomic E-state index is -0.127. The summed E-state index contributed by atoms with van der Waals surface area (Å²) in [5, 5.41) is 7.06. The van der Waals surface area contributed by atoms with Gasteiger partial charge in [0.1, 0.15) is 0 Å². The van der Waals surface area contributed by atoms with Gasteiger partial charge in [-0.1, -0.05) is 230 Å². The molecule has 1 nitrogen and oxygen atoms in total. The molecule has 314 valence electrons. The molecule has 0 aliphatic carbocycles. The smallest absolute Gasteiger partial charge is 0.0645 e. The van der Waals surface area contributed by atoms with Gasteiger partial charge in [0.2, 0.25) is 0 Å². The van der Waals surface area contributed by atoms with Gasteiger partial charge in [0.05, 0.1) is 5.48 Å². The fourth-order valence-corrected chi connectivity index (χ4v) is 9.51. The van der Waals surface area contributed by atoms with E-state index in [4.69, 9.17) is 0 Å². The molecule has 0 atom stereocenters. The van der Waals surface area contributed by atoms with Crippen molar-refractivity contribution in [1.29, 1.82) is 0 Å². The zero-order valence-corrected chi connectivity index (χ0v) is 36.6. The molecule has 67 heavy (non-hydrogen) atoms. The quantitative estimate of drug-likeness (QED) is 0.140. The van der Waals surface area contributed by atoms with Crippen molar-refractivity contribution in [2.75, 3.05) is 4.90 Å². The van der Waals surface area contributed by atoms with Crippen molar-refractivity contribution in [3.8, 4) is 66.8 Å². The molecule has 0 radical (unpaired) electrons. The van der Waals surface area contributed by atoms with Crippen molar-refractivity contribution < 1.29 is 5.48 Å². The number of nitrogens with zero attached hydrogens (tertiary/aromatic N) is 1. The maximum Gasteiger partial charge on any atom is 0.0645 e. The van der Waals surface area contributed by atoms with E-state index < -0.39 is 0 Å². The molecule has 0 aliphatic rings. The molecule has 0 bridgehead atoms. The van der Waals surface area contributed by atoms with Gasteiger partial charge in [-0.15, -0.1) is 0 Å². The second kappa shape index (κ2) is 17.3. The largest absolute Gasteiger partial charge is 0.311 e. The summed E-state index contributed by atoms with van der Waals surface area (Å²) in [6.45, 7) is 0. The lowest BCUT2D eigenvalue weighted by Crippen LogP contribution is -2.09. The third kappa shape index (κ3) is 7.73. The summed E-state index contributed by atoms with van der Waals surface area (Å²) in [4.78, 5) is 1.86. The lowest BCUT2D eigenvalue weighted by atomic mass is 9.90. The Kier molecular flexibility index (Phi) is 9.19. The van der Waals surface area contributed by atoms with Crippen molar-refractivity contribution in [3.63, 3.8) is 0 Å². The molecular weight excluding hydrogens is 807 g/mol. The van der Waals surface area contributed by atoms with Crippen LogP contribution in [0.5, 0.6) is 0 Å². The van der Waals surface area contributed by atoms with Crippen molar-refractivity contribution >= 4 is 49.4 Å². The summed E-state index contributed by atoms with van der Waals surface area (Å²) < 4.78 is 38.4. The molecule has 0 amide bonds. The summed E-state index contributed by atoms with van der Waals surface area (Å²) in [6.07, 6.45) is 0. The zero-order valence-electron chi connectivity index (χ0n) is 40.6. The molecule has 0 N–H and O–H groups in total. The predicted octanol–water partition coefficient (Wildman–Crippen LogP) is 18.6. The van der Waals surface area contributed by atoms with Crippen LogP contribution in [0.15, 0.2) is 273 Å². The first-order valence-corrected chi connectivity index (χ1v) is 22.7. The summed E-state index contributed by atoms with van der Waals surface area (Å²) >= 11 is 0. The van der Waals surface area contributed by atoms with E-state index in [9.17, 15) is 5.48 Å². The summed E-state index contributed by atoms with van der Waals surface area (Å²) in [5.41, 5.74) is 13.3. The van der Waals surface area contributed by atoms with E-state index in [0.29, 0.717) is 16.9 Å². The van der Waals surface area contributed by atoms with Gasteiger partial charge in [0, 0.05) is 17.1 Å². The zero-order chi connectivity index (χ0) is 48.0. The number of hydrogen-bond donors (Lipinski definition) is 0. The molecule has 12 rings (SSSR count). The van der Waals surface area contributed by atoms with Crippen LogP contribution >= 0.6 is 0 Å². The molecule has 1 heteroatoms. The molecule has 0 aromatic heterocycles. The van der Waals surface area contributed by atoms with Crippen LogP contribution in [0.4, 0.5) is 17.1 Å². The van der Waals surface area contributed by atoms with Gasteiger partial charge < -0.3 is 4.90 Å². The average molecular weight is 856 g/mol. The Morgan fingerprint density at radius 1 is 0.239 bits per heavy atom. The summed E-state index contributed by atoms with van der Waals surface area (Å²) in [5.74, 6) is 0. The third-order valence-corrected chi connectivity index (χ3v) is 13.0. The maximum atomic E-state index is 9.67. The minimum Gasteiger partial charge on any atom is -0.311 e. The first-order valence-electron chi connectivity index (χ1n) is 24.7. The molecule has 0 unspecified atom stereocenters. The Hall–Kier alpha value is -8.78. The molecule has 0 fully saturated rings. The molecule has 12 aromatic rings. The second-order valence-corrected chi connectivity index (χ2v) is 17.0. The third-order valence-electron chi connectivity index (χ3n) is 13.0. The lowest BCUT2D eigenvalue weighted by molar-refractivity contribution is 1.28. The van der Waals surface area contributed by atoms with Crippen molar-refractivity contribution in [2.45, 2.75) is 0 Å². The highest BCUT2D eigenvalue weighted by Crippen LogP contribution is 2.42. The van der Waals surface area contributed by atoms with Crippen molar-refractivity contribution in [3.05, 3.63) is 273 Å². The minimum absolute atomic E-state index is 0.104. The first-order chi connectivity index (χ1) is 34.9. The fourth-order valence-electron chi connectivity index (χ4n) is 9.51. The fraction of sp³-hybridized carbons (Fsp3) is 0. The van der Waals surface area contributed by atoms with Crippen LogP contribution in [-0.4, -0.2) is 0 Å². The second-order valence-electron chi connectivity index (χ2n) is 17.0. The number of anilines is 3. The maximum absolute atomic E-state index is 9.67. The Morgan fingerprint density at radius 2 is 0.687 bits per heavy atom. The normalized spacial score (nSPS) is 12.1. The highest BCUT2D eigenvalue weighted by molar-refractivity contribution is 6.04. The van der Waals surface area contributed by atoms with Crippen molar-refractivity contribution in [1.82, 2.24) is 0 Å². The van der Waals surface area contributed by atoms with Crippen LogP contribution in [-0.2, 0) is 0 Å². The van der Waals surface area contributed by atoms with E-state index in [2.05, 4.69) is 182 Å². The van der Waals surface area contributed by atoms with Crippen LogP contribution in [0.1, 0.15) is 5.48 Å². The molecule has 0 saturated heterocycles. The van der Waals surface area contributed by atoms with Crippen LogP contribution in [0.3, 0.4) is 0 Å². The van der Waals surface area contributed by atoms with Gasteiger partial charge in [-0.25, -0.2) is 0 Å². The molecule has 0 saturated carbocycles. The number of rotatable bonds is 9. The molecule has 0 aliphatic heterocycles. The van der Waals surface area contributed by atoms with E-state index in [-0.39, 0.29) is 35.4 Å². The molecule has 0 spiro atoms. The van der Waals surface area contributed by atoms with Crippen molar-refractivity contribution in [2.24, 2.45) is 0 Å². The SMILES string of the molecule is [2H]c1c([2H])c(N(c2ccc(-c3ccc(-c4cccc5ccccc45)cc3)cc2)c2ccc(-c3ccc4ccccc4c3-c3ccccc3)cc2)c([2H])c([2H])c1-c1ccc(-c2ccc3ccccc3c2)cc1. The molecule has 12 aromatic carbocycles. The molecule has 0 heterocycles. The lowest BCUT2D eigenvalue weighted by Gasteiger charge is -2.26. The van der Waals surface area contributed by atoms with Crippen LogP contribution in [0.2, 0.25) is 0 Å². The first kappa shape index (κ1) is 35.6. The number of hydrogen-bond acceptors (Lipinski definition) is 1.